The van der Waals surface area contributed by atoms with Crippen molar-refractivity contribution >= 4 is 15.9 Å². The van der Waals surface area contributed by atoms with E-state index in [0.717, 1.165) is 17.3 Å². The van der Waals surface area contributed by atoms with Crippen LogP contribution < -0.4 is 5.73 Å². The first-order chi connectivity index (χ1) is 6.68. The molecule has 3 N–H and O–H groups in total. The maximum atomic E-state index is 9.31. The number of phenolic OH excluding ortho intramolecular Hbond substituents is 1. The number of halogens is 1. The van der Waals surface area contributed by atoms with Crippen molar-refractivity contribution in [3.05, 3.63) is 28.2 Å². The van der Waals surface area contributed by atoms with Crippen LogP contribution in [0.4, 0.5) is 0 Å². The van der Waals surface area contributed by atoms with Crippen molar-refractivity contribution < 1.29 is 5.11 Å². The topological polar surface area (TPSA) is 46.2 Å². The molecule has 2 nitrogen and oxygen atoms in total. The summed E-state index contributed by atoms with van der Waals surface area (Å²) in [6, 6.07) is 5.45. The van der Waals surface area contributed by atoms with Crippen LogP contribution in [0.3, 0.4) is 0 Å². The van der Waals surface area contributed by atoms with Crippen molar-refractivity contribution in [2.45, 2.75) is 24.7 Å². The number of hydrogen-bond acceptors (Lipinski definition) is 2. The first kappa shape index (κ1) is 9.99. The Hall–Kier alpha value is -0.540. The van der Waals surface area contributed by atoms with Crippen LogP contribution in [0.2, 0.25) is 0 Å². The fourth-order valence-electron chi connectivity index (χ4n) is 2.12. The molecule has 3 heteroatoms. The third-order valence-electron chi connectivity index (χ3n) is 3.23. The van der Waals surface area contributed by atoms with Gasteiger partial charge in [0.1, 0.15) is 5.75 Å². The summed E-state index contributed by atoms with van der Waals surface area (Å²) in [7, 11) is 0. The molecule has 0 atom stereocenters. The summed E-state index contributed by atoms with van der Waals surface area (Å²) in [6.07, 6.45) is 3.57. The standard InChI is InChI=1S/C11H14BrNO/c12-10-6-8(14)2-3-9(10)11(7-13)4-1-5-11/h2-3,6,14H,1,4-5,7,13H2. The van der Waals surface area contributed by atoms with E-state index in [1.807, 2.05) is 6.07 Å². The monoisotopic (exact) mass is 255 g/mol. The predicted molar refractivity (Wildman–Crippen MR) is 60.4 cm³/mol. The largest absolute Gasteiger partial charge is 0.508 e. The van der Waals surface area contributed by atoms with Gasteiger partial charge in [-0.3, -0.25) is 0 Å². The molecule has 2 rings (SSSR count). The van der Waals surface area contributed by atoms with Crippen molar-refractivity contribution in [1.82, 2.24) is 0 Å². The van der Waals surface area contributed by atoms with E-state index in [1.54, 1.807) is 12.1 Å². The summed E-state index contributed by atoms with van der Waals surface area (Å²) in [4.78, 5) is 0. The molecule has 14 heavy (non-hydrogen) atoms. The van der Waals surface area contributed by atoms with E-state index in [-0.39, 0.29) is 5.41 Å². The molecular formula is C11H14BrNO. The van der Waals surface area contributed by atoms with E-state index >= 15 is 0 Å². The number of rotatable bonds is 2. The Kier molecular flexibility index (Phi) is 2.54. The van der Waals surface area contributed by atoms with Crippen LogP contribution >= 0.6 is 15.9 Å². The second kappa shape index (κ2) is 3.55. The molecule has 0 bridgehead atoms. The number of nitrogens with two attached hydrogens (primary N) is 1. The maximum Gasteiger partial charge on any atom is 0.116 e. The van der Waals surface area contributed by atoms with Crippen molar-refractivity contribution in [1.29, 1.82) is 0 Å². The van der Waals surface area contributed by atoms with Gasteiger partial charge in [-0.25, -0.2) is 0 Å². The Balaban J connectivity index is 2.40. The summed E-state index contributed by atoms with van der Waals surface area (Å²) < 4.78 is 0.975. The molecule has 76 valence electrons. The summed E-state index contributed by atoms with van der Waals surface area (Å²) in [5, 5.41) is 9.31. The number of benzene rings is 1. The Labute approximate surface area is 92.3 Å². The van der Waals surface area contributed by atoms with E-state index in [4.69, 9.17) is 5.73 Å². The zero-order valence-electron chi connectivity index (χ0n) is 7.96. The highest BCUT2D eigenvalue weighted by Gasteiger charge is 2.38. The highest BCUT2D eigenvalue weighted by atomic mass is 79.9. The highest BCUT2D eigenvalue weighted by Crippen LogP contribution is 2.45. The van der Waals surface area contributed by atoms with Gasteiger partial charge in [0.25, 0.3) is 0 Å². The van der Waals surface area contributed by atoms with Gasteiger partial charge in [0.05, 0.1) is 0 Å². The molecule has 1 aliphatic rings. The van der Waals surface area contributed by atoms with Gasteiger partial charge in [-0.15, -0.1) is 0 Å². The number of hydrogen-bond donors (Lipinski definition) is 2. The summed E-state index contributed by atoms with van der Waals surface area (Å²) in [5.74, 6) is 0.298. The third-order valence-corrected chi connectivity index (χ3v) is 3.88. The fourth-order valence-corrected chi connectivity index (χ4v) is 2.91. The molecule has 1 saturated carbocycles. The number of phenols is 1. The van der Waals surface area contributed by atoms with Crippen LogP contribution in [0.25, 0.3) is 0 Å². The van der Waals surface area contributed by atoms with Crippen molar-refractivity contribution in [2.24, 2.45) is 5.73 Å². The van der Waals surface area contributed by atoms with Gasteiger partial charge in [-0.2, -0.15) is 0 Å². The Morgan fingerprint density at radius 2 is 2.14 bits per heavy atom. The lowest BCUT2D eigenvalue weighted by atomic mass is 9.64. The minimum Gasteiger partial charge on any atom is -0.508 e. The van der Waals surface area contributed by atoms with Crippen molar-refractivity contribution in [2.75, 3.05) is 6.54 Å². The third kappa shape index (κ3) is 1.44. The minimum absolute atomic E-state index is 0.159. The van der Waals surface area contributed by atoms with Crippen molar-refractivity contribution in [3.8, 4) is 5.75 Å². The lowest BCUT2D eigenvalue weighted by Gasteiger charge is -2.42. The van der Waals surface area contributed by atoms with Gasteiger partial charge in [0.2, 0.25) is 0 Å². The summed E-state index contributed by atoms with van der Waals surface area (Å²) in [6.45, 7) is 0.691. The molecule has 0 spiro atoms. The van der Waals surface area contributed by atoms with E-state index in [9.17, 15) is 5.11 Å². The van der Waals surface area contributed by atoms with Crippen LogP contribution in [0.5, 0.6) is 5.75 Å². The molecule has 0 saturated heterocycles. The molecule has 0 radical (unpaired) electrons. The lowest BCUT2D eigenvalue weighted by Crippen LogP contribution is -2.41. The molecule has 0 heterocycles. The van der Waals surface area contributed by atoms with E-state index < -0.39 is 0 Å². The van der Waals surface area contributed by atoms with Gasteiger partial charge in [0.15, 0.2) is 0 Å². The Morgan fingerprint density at radius 3 is 2.57 bits per heavy atom. The molecule has 1 fully saturated rings. The van der Waals surface area contributed by atoms with Crippen LogP contribution in [0, 0.1) is 0 Å². The molecule has 1 aromatic rings. The summed E-state index contributed by atoms with van der Waals surface area (Å²) in [5.41, 5.74) is 7.22. The van der Waals surface area contributed by atoms with Crippen molar-refractivity contribution in [3.63, 3.8) is 0 Å². The zero-order chi connectivity index (χ0) is 10.2. The Bertz CT molecular complexity index is 342. The number of aromatic hydroxyl groups is 1. The quantitative estimate of drug-likeness (QED) is 0.854. The first-order valence-electron chi connectivity index (χ1n) is 4.87. The average Bonchev–Trinajstić information content (AvgIpc) is 2.07. The molecule has 0 aromatic heterocycles. The van der Waals surface area contributed by atoms with Gasteiger partial charge in [0, 0.05) is 16.4 Å². The van der Waals surface area contributed by atoms with Gasteiger partial charge < -0.3 is 10.8 Å². The van der Waals surface area contributed by atoms with E-state index in [1.165, 1.54) is 12.0 Å². The Morgan fingerprint density at radius 1 is 1.43 bits per heavy atom. The minimum atomic E-state index is 0.159. The van der Waals surface area contributed by atoms with Crippen LogP contribution in [-0.4, -0.2) is 11.7 Å². The normalized spacial score (nSPS) is 19.0. The maximum absolute atomic E-state index is 9.31. The molecule has 1 aromatic carbocycles. The smallest absolute Gasteiger partial charge is 0.116 e. The van der Waals surface area contributed by atoms with Gasteiger partial charge >= 0.3 is 0 Å². The summed E-state index contributed by atoms with van der Waals surface area (Å²) >= 11 is 3.48. The van der Waals surface area contributed by atoms with E-state index in [2.05, 4.69) is 15.9 Å². The SMILES string of the molecule is NCC1(c2ccc(O)cc2Br)CCC1. The highest BCUT2D eigenvalue weighted by molar-refractivity contribution is 9.10. The molecule has 0 unspecified atom stereocenters. The zero-order valence-corrected chi connectivity index (χ0v) is 9.55. The van der Waals surface area contributed by atoms with Crippen LogP contribution in [0.1, 0.15) is 24.8 Å². The van der Waals surface area contributed by atoms with Gasteiger partial charge in [-0.1, -0.05) is 28.4 Å². The molecular weight excluding hydrogens is 242 g/mol. The second-order valence-corrected chi connectivity index (χ2v) is 4.86. The lowest BCUT2D eigenvalue weighted by molar-refractivity contribution is 0.251. The first-order valence-corrected chi connectivity index (χ1v) is 5.66. The molecule has 0 aliphatic heterocycles. The average molecular weight is 256 g/mol. The van der Waals surface area contributed by atoms with Gasteiger partial charge in [-0.05, 0) is 30.5 Å². The van der Waals surface area contributed by atoms with E-state index in [0.29, 0.717) is 12.3 Å². The van der Waals surface area contributed by atoms with Crippen LogP contribution in [-0.2, 0) is 5.41 Å². The molecule has 1 aliphatic carbocycles. The van der Waals surface area contributed by atoms with Crippen LogP contribution in [0.15, 0.2) is 22.7 Å². The predicted octanol–water partition coefficient (Wildman–Crippen LogP) is 2.54. The second-order valence-electron chi connectivity index (χ2n) is 4.00. The fraction of sp³-hybridized carbons (Fsp3) is 0.455. The molecule has 0 amide bonds.